The lowest BCUT2D eigenvalue weighted by molar-refractivity contribution is 0.500. The molecule has 1 rings (SSSR count). The normalized spacial score (nSPS) is 13.1. The van der Waals surface area contributed by atoms with Gasteiger partial charge in [0.25, 0.3) is 0 Å². The van der Waals surface area contributed by atoms with E-state index >= 15 is 0 Å². The second kappa shape index (κ2) is 5.72. The first kappa shape index (κ1) is 14.3. The summed E-state index contributed by atoms with van der Waals surface area (Å²) in [6.45, 7) is 5.33. The number of nitrogens with one attached hydrogen (secondary N) is 1. The predicted octanol–water partition coefficient (Wildman–Crippen LogP) is 2.06. The molecule has 5 N–H and O–H groups in total. The topological polar surface area (TPSA) is 96.3 Å². The Morgan fingerprint density at radius 3 is 2.65 bits per heavy atom. The summed E-state index contributed by atoms with van der Waals surface area (Å²) < 4.78 is 23.5. The highest BCUT2D eigenvalue weighted by molar-refractivity contribution is 8.24. The molecule has 0 radical (unpaired) electrons. The van der Waals surface area contributed by atoms with Gasteiger partial charge in [0, 0.05) is 18.4 Å². The number of aryl methyl sites for hydroxylation is 1. The first-order chi connectivity index (χ1) is 7.85. The SMILES string of the molecule is CC(C)c1cnn(CCCN)c1NS(C)(O)O. The zero-order chi connectivity index (χ0) is 13.1. The van der Waals surface area contributed by atoms with Gasteiger partial charge in [0.1, 0.15) is 5.82 Å². The molecule has 0 saturated heterocycles. The van der Waals surface area contributed by atoms with Crippen molar-refractivity contribution in [3.8, 4) is 0 Å². The molecule has 0 aromatic carbocycles. The van der Waals surface area contributed by atoms with Crippen LogP contribution in [0, 0.1) is 0 Å². The van der Waals surface area contributed by atoms with Crippen LogP contribution in [-0.2, 0) is 6.54 Å². The Kier molecular flexibility index (Phi) is 4.81. The van der Waals surface area contributed by atoms with E-state index in [1.54, 1.807) is 10.9 Å². The van der Waals surface area contributed by atoms with Crippen molar-refractivity contribution >= 4 is 16.6 Å². The quantitative estimate of drug-likeness (QED) is 0.629. The monoisotopic (exact) mass is 262 g/mol. The lowest BCUT2D eigenvalue weighted by Gasteiger charge is -2.29. The van der Waals surface area contributed by atoms with E-state index in [9.17, 15) is 9.11 Å². The summed E-state index contributed by atoms with van der Waals surface area (Å²) in [5.41, 5.74) is 6.44. The summed E-state index contributed by atoms with van der Waals surface area (Å²) >= 11 is 0. The van der Waals surface area contributed by atoms with Gasteiger partial charge in [-0.25, -0.2) is 4.68 Å². The molecule has 0 aliphatic carbocycles. The third kappa shape index (κ3) is 4.19. The molecule has 0 unspecified atom stereocenters. The number of anilines is 1. The van der Waals surface area contributed by atoms with E-state index in [1.165, 1.54) is 6.26 Å². The minimum atomic E-state index is -2.79. The standard InChI is InChI=1S/C10H22N4O2S/c1-8(2)9-7-12-14(6-4-5-11)10(9)13-17(3,15)16/h7-8,13,15-16H,4-6,11H2,1-3H3. The fraction of sp³-hybridized carbons (Fsp3) is 0.700. The number of hydrogen-bond donors (Lipinski definition) is 4. The molecule has 1 aromatic rings. The molecule has 0 amide bonds. The van der Waals surface area contributed by atoms with E-state index in [0.29, 0.717) is 18.9 Å². The molecular formula is C10H22N4O2S. The molecule has 7 heteroatoms. The molecule has 1 aromatic heterocycles. The Bertz CT molecular complexity index is 360. The van der Waals surface area contributed by atoms with Gasteiger partial charge in [0.2, 0.25) is 0 Å². The van der Waals surface area contributed by atoms with Crippen molar-refractivity contribution in [1.29, 1.82) is 0 Å². The maximum atomic E-state index is 9.51. The molecule has 0 spiro atoms. The number of hydrogen-bond acceptors (Lipinski definition) is 5. The molecule has 100 valence electrons. The lowest BCUT2D eigenvalue weighted by atomic mass is 10.1. The van der Waals surface area contributed by atoms with Crippen LogP contribution in [-0.4, -0.2) is 31.7 Å². The highest BCUT2D eigenvalue weighted by Crippen LogP contribution is 2.37. The molecule has 0 fully saturated rings. The van der Waals surface area contributed by atoms with Crippen molar-refractivity contribution in [1.82, 2.24) is 9.78 Å². The minimum Gasteiger partial charge on any atom is -0.330 e. The molecule has 0 saturated carbocycles. The Labute approximate surface area is 104 Å². The van der Waals surface area contributed by atoms with Crippen LogP contribution in [0.5, 0.6) is 0 Å². The fourth-order valence-electron chi connectivity index (χ4n) is 1.53. The van der Waals surface area contributed by atoms with E-state index in [-0.39, 0.29) is 5.92 Å². The first-order valence-corrected chi connectivity index (χ1v) is 7.57. The van der Waals surface area contributed by atoms with Crippen molar-refractivity contribution in [2.45, 2.75) is 32.7 Å². The number of rotatable bonds is 6. The van der Waals surface area contributed by atoms with Gasteiger partial charge in [-0.05, 0) is 18.9 Å². The van der Waals surface area contributed by atoms with Gasteiger partial charge in [0.05, 0.1) is 6.20 Å². The fourth-order valence-corrected chi connectivity index (χ4v) is 2.12. The maximum Gasteiger partial charge on any atom is 0.145 e. The second-order valence-corrected chi connectivity index (χ2v) is 6.28. The van der Waals surface area contributed by atoms with Crippen molar-refractivity contribution in [2.75, 3.05) is 17.5 Å². The minimum absolute atomic E-state index is 0.269. The second-order valence-electron chi connectivity index (χ2n) is 4.40. The Balaban J connectivity index is 2.97. The molecule has 0 bridgehead atoms. The Morgan fingerprint density at radius 2 is 2.18 bits per heavy atom. The van der Waals surface area contributed by atoms with Gasteiger partial charge in [-0.3, -0.25) is 13.8 Å². The zero-order valence-corrected chi connectivity index (χ0v) is 11.4. The molecule has 0 atom stereocenters. The van der Waals surface area contributed by atoms with Gasteiger partial charge in [-0.1, -0.05) is 13.8 Å². The molecule has 6 nitrogen and oxygen atoms in total. The summed E-state index contributed by atoms with van der Waals surface area (Å²) in [4.78, 5) is 0. The molecular weight excluding hydrogens is 240 g/mol. The summed E-state index contributed by atoms with van der Waals surface area (Å²) in [6.07, 6.45) is 3.92. The Hall–Kier alpha value is -0.760. The van der Waals surface area contributed by atoms with E-state index < -0.39 is 10.8 Å². The highest BCUT2D eigenvalue weighted by Gasteiger charge is 2.16. The lowest BCUT2D eigenvalue weighted by Crippen LogP contribution is -2.15. The van der Waals surface area contributed by atoms with Gasteiger partial charge < -0.3 is 5.73 Å². The van der Waals surface area contributed by atoms with Gasteiger partial charge >= 0.3 is 0 Å². The average Bonchev–Trinajstić information content (AvgIpc) is 2.55. The molecule has 1 heterocycles. The predicted molar refractivity (Wildman–Crippen MR) is 72.4 cm³/mol. The van der Waals surface area contributed by atoms with Gasteiger partial charge in [-0.2, -0.15) is 5.10 Å². The van der Waals surface area contributed by atoms with Crippen LogP contribution in [0.1, 0.15) is 31.7 Å². The average molecular weight is 262 g/mol. The third-order valence-corrected chi connectivity index (χ3v) is 2.93. The molecule has 0 aliphatic heterocycles. The largest absolute Gasteiger partial charge is 0.330 e. The Morgan fingerprint density at radius 1 is 1.53 bits per heavy atom. The van der Waals surface area contributed by atoms with E-state index in [4.69, 9.17) is 5.73 Å². The third-order valence-electron chi connectivity index (χ3n) is 2.35. The molecule has 0 aliphatic rings. The van der Waals surface area contributed by atoms with E-state index in [2.05, 4.69) is 9.82 Å². The summed E-state index contributed by atoms with van der Waals surface area (Å²) in [5.74, 6) is 0.946. The van der Waals surface area contributed by atoms with Crippen molar-refractivity contribution < 1.29 is 9.11 Å². The summed E-state index contributed by atoms with van der Waals surface area (Å²) in [7, 11) is -2.79. The summed E-state index contributed by atoms with van der Waals surface area (Å²) in [6, 6.07) is 0. The zero-order valence-electron chi connectivity index (χ0n) is 10.6. The van der Waals surface area contributed by atoms with Crippen LogP contribution in [0.25, 0.3) is 0 Å². The van der Waals surface area contributed by atoms with Crippen LogP contribution >= 0.6 is 10.8 Å². The van der Waals surface area contributed by atoms with Crippen LogP contribution in [0.2, 0.25) is 0 Å². The number of nitrogens with two attached hydrogens (primary N) is 1. The smallest absolute Gasteiger partial charge is 0.145 e. The van der Waals surface area contributed by atoms with E-state index in [0.717, 1.165) is 12.0 Å². The summed E-state index contributed by atoms with van der Waals surface area (Å²) in [5, 5.41) is 4.25. The van der Waals surface area contributed by atoms with Gasteiger partial charge in [0.15, 0.2) is 0 Å². The number of nitrogens with zero attached hydrogens (tertiary/aromatic N) is 2. The number of aromatic nitrogens is 2. The highest BCUT2D eigenvalue weighted by atomic mass is 32.3. The van der Waals surface area contributed by atoms with Gasteiger partial charge in [-0.15, -0.1) is 10.8 Å². The van der Waals surface area contributed by atoms with Crippen molar-refractivity contribution in [3.63, 3.8) is 0 Å². The van der Waals surface area contributed by atoms with Crippen LogP contribution in [0.3, 0.4) is 0 Å². The molecule has 17 heavy (non-hydrogen) atoms. The van der Waals surface area contributed by atoms with Crippen molar-refractivity contribution in [3.05, 3.63) is 11.8 Å². The van der Waals surface area contributed by atoms with Crippen molar-refractivity contribution in [2.24, 2.45) is 5.73 Å². The first-order valence-electron chi connectivity index (χ1n) is 5.62. The van der Waals surface area contributed by atoms with Crippen LogP contribution in [0.4, 0.5) is 5.82 Å². The van der Waals surface area contributed by atoms with E-state index in [1.807, 2.05) is 13.8 Å². The van der Waals surface area contributed by atoms with Crippen LogP contribution < -0.4 is 10.5 Å². The van der Waals surface area contributed by atoms with Crippen LogP contribution in [0.15, 0.2) is 6.20 Å². The maximum absolute atomic E-state index is 9.51.